The van der Waals surface area contributed by atoms with Crippen LogP contribution in [0, 0.1) is 5.92 Å². The monoisotopic (exact) mass is 328 g/mol. The molecule has 0 saturated carbocycles. The molecule has 0 spiro atoms. The number of hydrogen-bond acceptors (Lipinski definition) is 3. The number of rotatable bonds is 4. The molecular formula is C18H24N4O2. The topological polar surface area (TPSA) is 70.4 Å². The molecule has 1 unspecified atom stereocenters. The summed E-state index contributed by atoms with van der Waals surface area (Å²) in [6.45, 7) is 3.60. The van der Waals surface area contributed by atoms with Crippen LogP contribution in [0.25, 0.3) is 5.69 Å². The van der Waals surface area contributed by atoms with Crippen molar-refractivity contribution in [2.45, 2.75) is 25.8 Å². The zero-order valence-corrected chi connectivity index (χ0v) is 13.9. The van der Waals surface area contributed by atoms with E-state index in [1.54, 1.807) is 6.20 Å². The molecule has 0 aliphatic carbocycles. The van der Waals surface area contributed by atoms with Crippen LogP contribution in [-0.2, 0) is 0 Å². The molecule has 1 aromatic carbocycles. The maximum absolute atomic E-state index is 12.5. The molecule has 1 aliphatic heterocycles. The number of carbonyl (C=O) groups excluding carboxylic acids is 1. The minimum atomic E-state index is -0.117. The summed E-state index contributed by atoms with van der Waals surface area (Å²) in [6, 6.07) is 9.66. The second-order valence-electron chi connectivity index (χ2n) is 6.29. The van der Waals surface area contributed by atoms with Gasteiger partial charge in [-0.3, -0.25) is 0 Å². The first-order chi connectivity index (χ1) is 11.7. The molecule has 2 aromatic rings. The zero-order chi connectivity index (χ0) is 16.9. The summed E-state index contributed by atoms with van der Waals surface area (Å²) < 4.78 is 1.81. The van der Waals surface area contributed by atoms with Gasteiger partial charge in [-0.2, -0.15) is 5.10 Å². The number of nitrogens with zero attached hydrogens (tertiary/aromatic N) is 3. The smallest absolute Gasteiger partial charge is 0.317 e. The van der Waals surface area contributed by atoms with Gasteiger partial charge in [0, 0.05) is 32.1 Å². The molecule has 128 valence electrons. The number of amides is 2. The average Bonchev–Trinajstić information content (AvgIpc) is 3.16. The van der Waals surface area contributed by atoms with Gasteiger partial charge in [0.2, 0.25) is 0 Å². The van der Waals surface area contributed by atoms with E-state index in [2.05, 4.69) is 10.4 Å². The number of aromatic nitrogens is 2. The summed E-state index contributed by atoms with van der Waals surface area (Å²) in [5.41, 5.74) is 1.99. The van der Waals surface area contributed by atoms with Crippen molar-refractivity contribution in [2.75, 3.05) is 19.7 Å². The van der Waals surface area contributed by atoms with Crippen molar-refractivity contribution in [2.24, 2.45) is 5.92 Å². The Morgan fingerprint density at radius 2 is 2.08 bits per heavy atom. The molecular weight excluding hydrogens is 304 g/mol. The number of piperidine rings is 1. The quantitative estimate of drug-likeness (QED) is 0.905. The molecule has 0 radical (unpaired) electrons. The molecule has 2 heterocycles. The van der Waals surface area contributed by atoms with E-state index in [-0.39, 0.29) is 18.7 Å². The minimum Gasteiger partial charge on any atom is -0.396 e. The van der Waals surface area contributed by atoms with Crippen molar-refractivity contribution in [1.29, 1.82) is 0 Å². The Morgan fingerprint density at radius 3 is 2.75 bits per heavy atom. The lowest BCUT2D eigenvalue weighted by molar-refractivity contribution is 0.136. The fourth-order valence-corrected chi connectivity index (χ4v) is 3.15. The Labute approximate surface area is 142 Å². The maximum atomic E-state index is 12.5. The SMILES string of the molecule is CC(NC(=O)N1CCC(CO)CC1)c1ccccc1-n1cccn1. The van der Waals surface area contributed by atoms with Crippen molar-refractivity contribution in [3.05, 3.63) is 48.3 Å². The van der Waals surface area contributed by atoms with Gasteiger partial charge in [0.15, 0.2) is 0 Å². The van der Waals surface area contributed by atoms with Crippen LogP contribution in [-0.4, -0.2) is 45.5 Å². The average molecular weight is 328 g/mol. The number of aliphatic hydroxyl groups excluding tert-OH is 1. The minimum absolute atomic E-state index is 0.0471. The van der Waals surface area contributed by atoms with E-state index in [1.807, 2.05) is 53.0 Å². The van der Waals surface area contributed by atoms with Crippen LogP contribution >= 0.6 is 0 Å². The molecule has 1 aromatic heterocycles. The first-order valence-corrected chi connectivity index (χ1v) is 8.44. The van der Waals surface area contributed by atoms with Gasteiger partial charge in [-0.15, -0.1) is 0 Å². The third-order valence-corrected chi connectivity index (χ3v) is 4.65. The standard InChI is InChI=1S/C18H24N4O2/c1-14(20-18(24)21-11-7-15(13-23)8-12-21)16-5-2-3-6-17(16)22-10-4-9-19-22/h2-6,9-10,14-15,23H,7-8,11-13H2,1H3,(H,20,24). The predicted octanol–water partition coefficient (Wildman–Crippen LogP) is 2.35. The van der Waals surface area contributed by atoms with Gasteiger partial charge < -0.3 is 15.3 Å². The molecule has 0 bridgehead atoms. The van der Waals surface area contributed by atoms with Gasteiger partial charge in [-0.25, -0.2) is 9.48 Å². The Kier molecular flexibility index (Phi) is 5.15. The molecule has 1 aliphatic rings. The number of urea groups is 1. The van der Waals surface area contributed by atoms with Gasteiger partial charge in [0.25, 0.3) is 0 Å². The van der Waals surface area contributed by atoms with Gasteiger partial charge >= 0.3 is 6.03 Å². The van der Waals surface area contributed by atoms with Crippen LogP contribution in [0.2, 0.25) is 0 Å². The van der Waals surface area contributed by atoms with Crippen LogP contribution < -0.4 is 5.32 Å². The maximum Gasteiger partial charge on any atom is 0.317 e. The second-order valence-corrected chi connectivity index (χ2v) is 6.29. The lowest BCUT2D eigenvalue weighted by atomic mass is 9.98. The van der Waals surface area contributed by atoms with Gasteiger partial charge in [-0.1, -0.05) is 18.2 Å². The van der Waals surface area contributed by atoms with Crippen molar-refractivity contribution < 1.29 is 9.90 Å². The number of benzene rings is 1. The van der Waals surface area contributed by atoms with Crippen LogP contribution in [0.5, 0.6) is 0 Å². The second kappa shape index (κ2) is 7.49. The molecule has 2 N–H and O–H groups in total. The van der Waals surface area contributed by atoms with Crippen molar-refractivity contribution >= 4 is 6.03 Å². The Bertz CT molecular complexity index is 663. The summed E-state index contributed by atoms with van der Waals surface area (Å²) in [4.78, 5) is 14.3. The lowest BCUT2D eigenvalue weighted by Crippen LogP contribution is -2.45. The van der Waals surface area contributed by atoms with E-state index in [4.69, 9.17) is 0 Å². The van der Waals surface area contributed by atoms with Crippen LogP contribution in [0.3, 0.4) is 0 Å². The largest absolute Gasteiger partial charge is 0.396 e. The first kappa shape index (κ1) is 16.5. The van der Waals surface area contributed by atoms with E-state index in [0.717, 1.165) is 24.1 Å². The molecule has 1 saturated heterocycles. The van der Waals surface area contributed by atoms with E-state index in [1.165, 1.54) is 0 Å². The highest BCUT2D eigenvalue weighted by Gasteiger charge is 2.24. The summed E-state index contributed by atoms with van der Waals surface area (Å²) in [5, 5.41) is 16.6. The number of carbonyl (C=O) groups is 1. The highest BCUT2D eigenvalue weighted by Crippen LogP contribution is 2.22. The summed E-state index contributed by atoms with van der Waals surface area (Å²) in [7, 11) is 0. The van der Waals surface area contributed by atoms with Crippen molar-refractivity contribution in [3.8, 4) is 5.69 Å². The first-order valence-electron chi connectivity index (χ1n) is 8.44. The van der Waals surface area contributed by atoms with Crippen molar-refractivity contribution in [1.82, 2.24) is 20.0 Å². The third kappa shape index (κ3) is 3.59. The molecule has 1 atom stereocenters. The van der Waals surface area contributed by atoms with Crippen LogP contribution in [0.4, 0.5) is 4.79 Å². The zero-order valence-electron chi connectivity index (χ0n) is 13.9. The van der Waals surface area contributed by atoms with Gasteiger partial charge in [0.05, 0.1) is 11.7 Å². The van der Waals surface area contributed by atoms with Crippen LogP contribution in [0.1, 0.15) is 31.4 Å². The summed E-state index contributed by atoms with van der Waals surface area (Å²) in [5.74, 6) is 0.326. The van der Waals surface area contributed by atoms with Gasteiger partial charge in [0.1, 0.15) is 0 Å². The fraction of sp³-hybridized carbons (Fsp3) is 0.444. The van der Waals surface area contributed by atoms with Crippen molar-refractivity contribution in [3.63, 3.8) is 0 Å². The molecule has 6 nitrogen and oxygen atoms in total. The Morgan fingerprint density at radius 1 is 1.33 bits per heavy atom. The highest BCUT2D eigenvalue weighted by atomic mass is 16.3. The normalized spacial score (nSPS) is 16.8. The Balaban J connectivity index is 1.67. The fourth-order valence-electron chi connectivity index (χ4n) is 3.15. The third-order valence-electron chi connectivity index (χ3n) is 4.65. The van der Waals surface area contributed by atoms with E-state index < -0.39 is 0 Å². The molecule has 24 heavy (non-hydrogen) atoms. The van der Waals surface area contributed by atoms with Gasteiger partial charge in [-0.05, 0) is 43.4 Å². The number of likely N-dealkylation sites (tertiary alicyclic amines) is 1. The number of nitrogens with one attached hydrogen (secondary N) is 1. The molecule has 1 fully saturated rings. The van der Waals surface area contributed by atoms with E-state index in [9.17, 15) is 9.90 Å². The Hall–Kier alpha value is -2.34. The summed E-state index contributed by atoms with van der Waals surface area (Å²) >= 11 is 0. The number of para-hydroxylation sites is 1. The lowest BCUT2D eigenvalue weighted by Gasteiger charge is -2.32. The highest BCUT2D eigenvalue weighted by molar-refractivity contribution is 5.75. The number of hydrogen-bond donors (Lipinski definition) is 2. The molecule has 3 rings (SSSR count). The number of aliphatic hydroxyl groups is 1. The molecule has 2 amide bonds. The van der Waals surface area contributed by atoms with E-state index >= 15 is 0 Å². The van der Waals surface area contributed by atoms with Crippen LogP contribution in [0.15, 0.2) is 42.7 Å². The van der Waals surface area contributed by atoms with E-state index in [0.29, 0.717) is 19.0 Å². The predicted molar refractivity (Wildman–Crippen MR) is 91.9 cm³/mol. The molecule has 6 heteroatoms. The summed E-state index contributed by atoms with van der Waals surface area (Å²) in [6.07, 6.45) is 5.36.